The summed E-state index contributed by atoms with van der Waals surface area (Å²) in [6.07, 6.45) is 1.63. The standard InChI is InChI=1S/C20H23NO6/c1-10(2)17(19(23)24)21-18(22)11(3)26-12-7-8-14-13-5-4-6-15(13)20(25)27-16(14)9-12/h7-11,17H,4-6H2,1-3H3,(H,21,22)(H,23,24)/t11-,17-/m0/s1. The van der Waals surface area contributed by atoms with Crippen LogP contribution in [0.4, 0.5) is 0 Å². The van der Waals surface area contributed by atoms with E-state index in [2.05, 4.69) is 5.32 Å². The zero-order valence-electron chi connectivity index (χ0n) is 15.6. The molecule has 1 aromatic heterocycles. The molecular formula is C20H23NO6. The molecular weight excluding hydrogens is 350 g/mol. The first-order chi connectivity index (χ1) is 12.8. The third-order valence-corrected chi connectivity index (χ3v) is 4.86. The summed E-state index contributed by atoms with van der Waals surface area (Å²) in [5.74, 6) is -1.49. The Morgan fingerprint density at radius 3 is 2.56 bits per heavy atom. The van der Waals surface area contributed by atoms with Crippen LogP contribution in [0.15, 0.2) is 27.4 Å². The van der Waals surface area contributed by atoms with Gasteiger partial charge in [0.1, 0.15) is 17.4 Å². The Hall–Kier alpha value is -2.83. The summed E-state index contributed by atoms with van der Waals surface area (Å²) in [5, 5.41) is 12.6. The van der Waals surface area contributed by atoms with Gasteiger partial charge in [-0.2, -0.15) is 0 Å². The van der Waals surface area contributed by atoms with E-state index in [9.17, 15) is 19.5 Å². The first kappa shape index (κ1) is 18.9. The Bertz CT molecular complexity index is 945. The molecule has 1 aliphatic carbocycles. The molecule has 0 saturated carbocycles. The minimum Gasteiger partial charge on any atom is -0.481 e. The van der Waals surface area contributed by atoms with E-state index >= 15 is 0 Å². The predicted octanol–water partition coefficient (Wildman–Crippen LogP) is 2.27. The van der Waals surface area contributed by atoms with Crippen LogP contribution in [0, 0.1) is 5.92 Å². The van der Waals surface area contributed by atoms with Crippen molar-refractivity contribution in [2.75, 3.05) is 0 Å². The van der Waals surface area contributed by atoms with E-state index in [1.54, 1.807) is 26.0 Å². The van der Waals surface area contributed by atoms with Crippen molar-refractivity contribution in [3.63, 3.8) is 0 Å². The van der Waals surface area contributed by atoms with Gasteiger partial charge in [-0.3, -0.25) is 4.79 Å². The predicted molar refractivity (Wildman–Crippen MR) is 99.0 cm³/mol. The minimum atomic E-state index is -1.09. The number of rotatable bonds is 6. The van der Waals surface area contributed by atoms with E-state index < -0.39 is 24.0 Å². The van der Waals surface area contributed by atoms with Gasteiger partial charge in [0.25, 0.3) is 5.91 Å². The number of aryl methyl sites for hydroxylation is 1. The number of carbonyl (C=O) groups excluding carboxylic acids is 1. The second-order valence-electron chi connectivity index (χ2n) is 7.19. The first-order valence-corrected chi connectivity index (χ1v) is 9.06. The van der Waals surface area contributed by atoms with Crippen LogP contribution in [-0.2, 0) is 22.4 Å². The number of nitrogens with one attached hydrogen (secondary N) is 1. The molecule has 0 fully saturated rings. The van der Waals surface area contributed by atoms with Gasteiger partial charge in [-0.05, 0) is 49.8 Å². The van der Waals surface area contributed by atoms with Crippen molar-refractivity contribution in [2.24, 2.45) is 5.92 Å². The molecule has 0 spiro atoms. The number of carbonyl (C=O) groups is 2. The van der Waals surface area contributed by atoms with Crippen molar-refractivity contribution in [1.29, 1.82) is 0 Å². The molecule has 1 heterocycles. The fourth-order valence-electron chi connectivity index (χ4n) is 3.38. The highest BCUT2D eigenvalue weighted by molar-refractivity contribution is 5.87. The fraction of sp³-hybridized carbons (Fsp3) is 0.450. The van der Waals surface area contributed by atoms with Crippen molar-refractivity contribution in [3.8, 4) is 5.75 Å². The molecule has 2 atom stereocenters. The van der Waals surface area contributed by atoms with Crippen molar-refractivity contribution in [3.05, 3.63) is 39.7 Å². The van der Waals surface area contributed by atoms with Crippen LogP contribution in [0.3, 0.4) is 0 Å². The number of fused-ring (bicyclic) bond motifs is 3. The summed E-state index contributed by atoms with van der Waals surface area (Å²) in [4.78, 5) is 35.6. The van der Waals surface area contributed by atoms with Gasteiger partial charge in [-0.15, -0.1) is 0 Å². The molecule has 2 aromatic rings. The van der Waals surface area contributed by atoms with E-state index in [1.165, 1.54) is 6.92 Å². The molecule has 27 heavy (non-hydrogen) atoms. The summed E-state index contributed by atoms with van der Waals surface area (Å²) in [6, 6.07) is 4.16. The molecule has 0 unspecified atom stereocenters. The monoisotopic (exact) mass is 373 g/mol. The van der Waals surface area contributed by atoms with Gasteiger partial charge in [0.05, 0.1) is 0 Å². The maximum Gasteiger partial charge on any atom is 0.339 e. The average Bonchev–Trinajstić information content (AvgIpc) is 3.09. The SMILES string of the molecule is CC(C)[C@H](NC(=O)[C@H](C)Oc1ccc2c3c(c(=O)oc2c1)CCC3)C(=O)O. The van der Waals surface area contributed by atoms with Crippen LogP contribution < -0.4 is 15.7 Å². The number of aliphatic carboxylic acids is 1. The molecule has 1 aliphatic rings. The number of amides is 1. The summed E-state index contributed by atoms with van der Waals surface area (Å²) < 4.78 is 11.0. The second-order valence-corrected chi connectivity index (χ2v) is 7.19. The number of carboxylic acids is 1. The number of ether oxygens (including phenoxy) is 1. The van der Waals surface area contributed by atoms with Gasteiger partial charge < -0.3 is 19.6 Å². The van der Waals surface area contributed by atoms with Crippen molar-refractivity contribution < 1.29 is 23.8 Å². The minimum absolute atomic E-state index is 0.254. The van der Waals surface area contributed by atoms with Crippen molar-refractivity contribution >= 4 is 22.8 Å². The Labute approximate surface area is 156 Å². The lowest BCUT2D eigenvalue weighted by molar-refractivity contribution is -0.144. The van der Waals surface area contributed by atoms with Gasteiger partial charge in [0.2, 0.25) is 0 Å². The first-order valence-electron chi connectivity index (χ1n) is 9.06. The molecule has 0 saturated heterocycles. The second kappa shape index (κ2) is 7.42. The maximum absolute atomic E-state index is 12.3. The zero-order chi connectivity index (χ0) is 19.7. The average molecular weight is 373 g/mol. The summed E-state index contributed by atoms with van der Waals surface area (Å²) >= 11 is 0. The molecule has 3 rings (SSSR count). The third-order valence-electron chi connectivity index (χ3n) is 4.86. The smallest absolute Gasteiger partial charge is 0.339 e. The van der Waals surface area contributed by atoms with Gasteiger partial charge >= 0.3 is 11.6 Å². The molecule has 0 bridgehead atoms. The molecule has 2 N–H and O–H groups in total. The summed E-state index contributed by atoms with van der Waals surface area (Å²) in [5.41, 5.74) is 1.88. The van der Waals surface area contributed by atoms with E-state index in [0.717, 1.165) is 35.8 Å². The van der Waals surface area contributed by atoms with E-state index in [0.29, 0.717) is 11.3 Å². The number of carboxylic acid groups (broad SMARTS) is 1. The number of hydrogen-bond donors (Lipinski definition) is 2. The van der Waals surface area contributed by atoms with Crippen LogP contribution in [0.5, 0.6) is 5.75 Å². The van der Waals surface area contributed by atoms with Crippen molar-refractivity contribution in [2.45, 2.75) is 52.2 Å². The molecule has 1 aromatic carbocycles. The third kappa shape index (κ3) is 3.82. The van der Waals surface area contributed by atoms with Gasteiger partial charge in [0, 0.05) is 17.0 Å². The topological polar surface area (TPSA) is 106 Å². The van der Waals surface area contributed by atoms with Crippen molar-refractivity contribution in [1.82, 2.24) is 5.32 Å². The Balaban J connectivity index is 1.78. The Morgan fingerprint density at radius 2 is 1.89 bits per heavy atom. The highest BCUT2D eigenvalue weighted by Crippen LogP contribution is 2.29. The lowest BCUT2D eigenvalue weighted by Crippen LogP contribution is -2.48. The van der Waals surface area contributed by atoms with Crippen LogP contribution in [0.1, 0.15) is 38.3 Å². The quantitative estimate of drug-likeness (QED) is 0.753. The van der Waals surface area contributed by atoms with E-state index in [-0.39, 0.29) is 11.5 Å². The fourth-order valence-corrected chi connectivity index (χ4v) is 3.38. The number of hydrogen-bond acceptors (Lipinski definition) is 5. The van der Waals surface area contributed by atoms with Crippen LogP contribution in [-0.4, -0.2) is 29.1 Å². The van der Waals surface area contributed by atoms with Gasteiger partial charge in [-0.1, -0.05) is 13.8 Å². The highest BCUT2D eigenvalue weighted by atomic mass is 16.5. The van der Waals surface area contributed by atoms with Gasteiger partial charge in [-0.25, -0.2) is 9.59 Å². The van der Waals surface area contributed by atoms with E-state index in [4.69, 9.17) is 9.15 Å². The lowest BCUT2D eigenvalue weighted by Gasteiger charge is -2.21. The van der Waals surface area contributed by atoms with Crippen LogP contribution in [0.25, 0.3) is 11.0 Å². The van der Waals surface area contributed by atoms with E-state index in [1.807, 2.05) is 6.07 Å². The van der Waals surface area contributed by atoms with Gasteiger partial charge in [0.15, 0.2) is 6.10 Å². The largest absolute Gasteiger partial charge is 0.481 e. The summed E-state index contributed by atoms with van der Waals surface area (Å²) in [7, 11) is 0. The molecule has 144 valence electrons. The van der Waals surface area contributed by atoms with Crippen LogP contribution in [0.2, 0.25) is 0 Å². The molecule has 0 aliphatic heterocycles. The molecule has 7 nitrogen and oxygen atoms in total. The molecule has 1 amide bonds. The molecule has 7 heteroatoms. The van der Waals surface area contributed by atoms with Crippen LogP contribution >= 0.6 is 0 Å². The normalized spacial score (nSPS) is 15.4. The summed E-state index contributed by atoms with van der Waals surface area (Å²) in [6.45, 7) is 4.97. The maximum atomic E-state index is 12.3. The number of benzene rings is 1. The Kier molecular flexibility index (Phi) is 5.21. The highest BCUT2D eigenvalue weighted by Gasteiger charge is 2.26. The molecule has 0 radical (unpaired) electrons. The Morgan fingerprint density at radius 1 is 1.19 bits per heavy atom. The lowest BCUT2D eigenvalue weighted by atomic mass is 10.0. The zero-order valence-corrected chi connectivity index (χ0v) is 15.6.